The van der Waals surface area contributed by atoms with Crippen molar-refractivity contribution >= 4 is 39.9 Å². The lowest BCUT2D eigenvalue weighted by atomic mass is 10.0. The number of hydrogen-bond acceptors (Lipinski definition) is 5. The number of halogens is 2. The Bertz CT molecular complexity index is 1510. The molecule has 1 aliphatic rings. The fourth-order valence-corrected chi connectivity index (χ4v) is 3.92. The summed E-state index contributed by atoms with van der Waals surface area (Å²) >= 11 is 6.09. The molecule has 1 aromatic heterocycles. The van der Waals surface area contributed by atoms with E-state index in [4.69, 9.17) is 21.1 Å². The number of fused-ring (bicyclic) bond motifs is 2. The first kappa shape index (κ1) is 21.7. The quantitative estimate of drug-likeness (QED) is 0.430. The number of anilines is 1. The molecule has 9 heteroatoms. The van der Waals surface area contributed by atoms with Crippen LogP contribution < -0.4 is 20.2 Å². The molecule has 7 nitrogen and oxygen atoms in total. The van der Waals surface area contributed by atoms with Gasteiger partial charge in [0.25, 0.3) is 0 Å². The highest BCUT2D eigenvalue weighted by atomic mass is 35.5. The smallest absolute Gasteiger partial charge is 0.244 e. The molecule has 34 heavy (non-hydrogen) atoms. The largest absolute Gasteiger partial charge is 0.454 e. The molecule has 1 aliphatic heterocycles. The Morgan fingerprint density at radius 3 is 2.56 bits per heavy atom. The van der Waals surface area contributed by atoms with Gasteiger partial charge in [-0.3, -0.25) is 14.4 Å². The van der Waals surface area contributed by atoms with Gasteiger partial charge in [0.1, 0.15) is 12.4 Å². The number of pyridine rings is 1. The maximum absolute atomic E-state index is 13.3. The van der Waals surface area contributed by atoms with E-state index in [1.807, 2.05) is 0 Å². The first-order chi connectivity index (χ1) is 16.4. The van der Waals surface area contributed by atoms with Crippen LogP contribution in [0.2, 0.25) is 5.02 Å². The Hall–Kier alpha value is -4.17. The summed E-state index contributed by atoms with van der Waals surface area (Å²) in [5.41, 5.74) is 0.406. The number of nitrogens with zero attached hydrogens (tertiary/aromatic N) is 1. The highest BCUT2D eigenvalue weighted by Gasteiger charge is 2.19. The molecule has 3 aromatic carbocycles. The normalized spacial score (nSPS) is 12.1. The summed E-state index contributed by atoms with van der Waals surface area (Å²) < 4.78 is 25.4. The van der Waals surface area contributed by atoms with Crippen molar-refractivity contribution in [1.29, 1.82) is 0 Å². The third kappa shape index (κ3) is 4.11. The molecule has 1 N–H and O–H groups in total. The van der Waals surface area contributed by atoms with Crippen LogP contribution >= 0.6 is 11.6 Å². The van der Waals surface area contributed by atoms with Gasteiger partial charge in [-0.25, -0.2) is 4.39 Å². The Morgan fingerprint density at radius 2 is 1.76 bits per heavy atom. The minimum absolute atomic E-state index is 0.115. The van der Waals surface area contributed by atoms with Crippen molar-refractivity contribution in [2.45, 2.75) is 6.54 Å². The topological polar surface area (TPSA) is 86.6 Å². The van der Waals surface area contributed by atoms with Gasteiger partial charge in [-0.15, -0.1) is 0 Å². The summed E-state index contributed by atoms with van der Waals surface area (Å²) in [4.78, 5) is 39.0. The van der Waals surface area contributed by atoms with Crippen LogP contribution in [0.25, 0.3) is 10.9 Å². The van der Waals surface area contributed by atoms with E-state index in [-0.39, 0.29) is 35.8 Å². The van der Waals surface area contributed by atoms with Gasteiger partial charge in [0.2, 0.25) is 18.1 Å². The number of amides is 1. The molecule has 0 spiro atoms. The van der Waals surface area contributed by atoms with E-state index in [0.717, 1.165) is 12.1 Å². The monoisotopic (exact) mass is 478 g/mol. The van der Waals surface area contributed by atoms with Crippen LogP contribution in [0.15, 0.2) is 71.7 Å². The van der Waals surface area contributed by atoms with E-state index in [1.165, 1.54) is 29.0 Å². The molecule has 0 unspecified atom stereocenters. The van der Waals surface area contributed by atoms with Gasteiger partial charge in [0.15, 0.2) is 17.3 Å². The highest BCUT2D eigenvalue weighted by Crippen LogP contribution is 2.34. The van der Waals surface area contributed by atoms with Crippen LogP contribution in [0.5, 0.6) is 11.5 Å². The number of ether oxygens (including phenoxy) is 2. The summed E-state index contributed by atoms with van der Waals surface area (Å²) in [5, 5.41) is 3.27. The lowest BCUT2D eigenvalue weighted by Crippen LogP contribution is -2.24. The van der Waals surface area contributed by atoms with E-state index in [1.54, 1.807) is 30.3 Å². The van der Waals surface area contributed by atoms with E-state index in [9.17, 15) is 18.8 Å². The molecule has 4 aromatic rings. The van der Waals surface area contributed by atoms with E-state index >= 15 is 0 Å². The standard InChI is InChI=1S/C25H16ClFN2O5/c26-15-3-7-20-18(9-15)25(32)19(24(31)14-1-4-16(27)5-2-14)11-29(20)12-23(30)28-17-6-8-21-22(10-17)34-13-33-21/h1-11H,12-13H2,(H,28,30). The molecule has 5 rings (SSSR count). The van der Waals surface area contributed by atoms with Crippen molar-refractivity contribution in [3.8, 4) is 11.5 Å². The van der Waals surface area contributed by atoms with Crippen molar-refractivity contribution in [1.82, 2.24) is 4.57 Å². The fourth-order valence-electron chi connectivity index (χ4n) is 3.75. The summed E-state index contributed by atoms with van der Waals surface area (Å²) in [6, 6.07) is 14.6. The van der Waals surface area contributed by atoms with Crippen molar-refractivity contribution < 1.29 is 23.5 Å². The molecule has 0 saturated carbocycles. The Labute approximate surface area is 197 Å². The van der Waals surface area contributed by atoms with Crippen LogP contribution in [0, 0.1) is 5.82 Å². The lowest BCUT2D eigenvalue weighted by molar-refractivity contribution is -0.116. The highest BCUT2D eigenvalue weighted by molar-refractivity contribution is 6.31. The van der Waals surface area contributed by atoms with Crippen LogP contribution in [0.3, 0.4) is 0 Å². The first-order valence-corrected chi connectivity index (χ1v) is 10.6. The minimum Gasteiger partial charge on any atom is -0.454 e. The average molecular weight is 479 g/mol. The molecule has 2 heterocycles. The third-order valence-corrected chi connectivity index (χ3v) is 5.60. The number of rotatable bonds is 5. The second-order valence-electron chi connectivity index (χ2n) is 7.61. The molecular weight excluding hydrogens is 463 g/mol. The van der Waals surface area contributed by atoms with Gasteiger partial charge >= 0.3 is 0 Å². The zero-order valence-corrected chi connectivity index (χ0v) is 18.3. The summed E-state index contributed by atoms with van der Waals surface area (Å²) in [5.74, 6) is -0.367. The number of nitrogens with one attached hydrogen (secondary N) is 1. The van der Waals surface area contributed by atoms with Crippen molar-refractivity contribution in [2.24, 2.45) is 0 Å². The van der Waals surface area contributed by atoms with Crippen LogP contribution in [-0.4, -0.2) is 23.1 Å². The first-order valence-electron chi connectivity index (χ1n) is 10.2. The summed E-state index contributed by atoms with van der Waals surface area (Å²) in [7, 11) is 0. The number of ketones is 1. The Morgan fingerprint density at radius 1 is 1.00 bits per heavy atom. The number of carbonyl (C=O) groups excluding carboxylic acids is 2. The lowest BCUT2D eigenvalue weighted by Gasteiger charge is -2.14. The maximum atomic E-state index is 13.3. The second kappa shape index (κ2) is 8.64. The van der Waals surface area contributed by atoms with E-state index < -0.39 is 17.0 Å². The average Bonchev–Trinajstić information content (AvgIpc) is 3.29. The van der Waals surface area contributed by atoms with Gasteiger partial charge < -0.3 is 19.4 Å². The van der Waals surface area contributed by atoms with Crippen molar-refractivity contribution in [3.05, 3.63) is 99.1 Å². The fraction of sp³-hybridized carbons (Fsp3) is 0.0800. The zero-order chi connectivity index (χ0) is 23.8. The molecule has 0 bridgehead atoms. The number of hydrogen-bond donors (Lipinski definition) is 1. The molecule has 170 valence electrons. The number of benzene rings is 3. The number of carbonyl (C=O) groups is 2. The van der Waals surface area contributed by atoms with E-state index in [0.29, 0.717) is 27.7 Å². The molecule has 0 radical (unpaired) electrons. The van der Waals surface area contributed by atoms with Gasteiger partial charge in [-0.1, -0.05) is 11.6 Å². The van der Waals surface area contributed by atoms with Crippen molar-refractivity contribution in [3.63, 3.8) is 0 Å². The third-order valence-electron chi connectivity index (χ3n) is 5.36. The Balaban J connectivity index is 1.51. The Kier molecular flexibility index (Phi) is 5.51. The predicted molar refractivity (Wildman–Crippen MR) is 124 cm³/mol. The van der Waals surface area contributed by atoms with Gasteiger partial charge in [-0.05, 0) is 54.6 Å². The number of aromatic nitrogens is 1. The second-order valence-corrected chi connectivity index (χ2v) is 8.05. The predicted octanol–water partition coefficient (Wildman–Crippen LogP) is 4.39. The molecule has 0 atom stereocenters. The van der Waals surface area contributed by atoms with Gasteiger partial charge in [0, 0.05) is 33.9 Å². The minimum atomic E-state index is -0.586. The van der Waals surface area contributed by atoms with Crippen LogP contribution in [0.4, 0.5) is 10.1 Å². The van der Waals surface area contributed by atoms with Crippen LogP contribution in [0.1, 0.15) is 15.9 Å². The van der Waals surface area contributed by atoms with Gasteiger partial charge in [0.05, 0.1) is 11.1 Å². The zero-order valence-electron chi connectivity index (χ0n) is 17.5. The SMILES string of the molecule is O=C(Cn1cc(C(=O)c2ccc(F)cc2)c(=O)c2cc(Cl)ccc21)Nc1ccc2c(c1)OCO2. The van der Waals surface area contributed by atoms with Crippen LogP contribution in [-0.2, 0) is 11.3 Å². The summed E-state index contributed by atoms with van der Waals surface area (Å²) in [6.45, 7) is -0.0694. The summed E-state index contributed by atoms with van der Waals surface area (Å²) in [6.07, 6.45) is 1.34. The maximum Gasteiger partial charge on any atom is 0.244 e. The molecule has 0 aliphatic carbocycles. The van der Waals surface area contributed by atoms with Gasteiger partial charge in [-0.2, -0.15) is 0 Å². The van der Waals surface area contributed by atoms with E-state index in [2.05, 4.69) is 5.32 Å². The molecule has 1 amide bonds. The molecular formula is C25H16ClFN2O5. The molecule has 0 fully saturated rings. The van der Waals surface area contributed by atoms with Crippen molar-refractivity contribution in [2.75, 3.05) is 12.1 Å². The molecule has 0 saturated heterocycles.